The minimum Gasteiger partial charge on any atom is -0.396 e. The molecule has 1 heterocycles. The van der Waals surface area contributed by atoms with Crippen LogP contribution in [0.5, 0.6) is 0 Å². The highest BCUT2D eigenvalue weighted by molar-refractivity contribution is 7.89. The molecule has 0 aliphatic carbocycles. The van der Waals surface area contributed by atoms with Crippen LogP contribution in [0.1, 0.15) is 25.7 Å². The van der Waals surface area contributed by atoms with Gasteiger partial charge in [0.05, 0.1) is 10.7 Å². The van der Waals surface area contributed by atoms with Crippen molar-refractivity contribution in [3.63, 3.8) is 0 Å². The Hall–Kier alpha value is -0.890. The summed E-state index contributed by atoms with van der Waals surface area (Å²) in [5.41, 5.74) is 5.20. The minimum absolute atomic E-state index is 0.0225. The van der Waals surface area contributed by atoms with Crippen molar-refractivity contribution in [1.82, 2.24) is 4.31 Å². The Labute approximate surface area is 128 Å². The lowest BCUT2D eigenvalue weighted by atomic mass is 10.1. The van der Waals surface area contributed by atoms with E-state index in [2.05, 4.69) is 0 Å². The van der Waals surface area contributed by atoms with Crippen LogP contribution >= 0.6 is 11.6 Å². The Bertz CT molecular complexity index is 624. The first-order valence-corrected chi connectivity index (χ1v) is 8.57. The number of benzene rings is 1. The molecule has 0 radical (unpaired) electrons. The van der Waals surface area contributed by atoms with Gasteiger partial charge in [0.2, 0.25) is 10.0 Å². The van der Waals surface area contributed by atoms with E-state index in [1.807, 2.05) is 0 Å². The zero-order valence-corrected chi connectivity index (χ0v) is 13.0. The first kappa shape index (κ1) is 16.5. The van der Waals surface area contributed by atoms with E-state index >= 15 is 0 Å². The average Bonchev–Trinajstić information content (AvgIpc) is 2.89. The van der Waals surface area contributed by atoms with Crippen LogP contribution < -0.4 is 5.73 Å². The number of hydrogen-bond donors (Lipinski definition) is 2. The van der Waals surface area contributed by atoms with E-state index in [9.17, 15) is 12.8 Å². The van der Waals surface area contributed by atoms with E-state index in [-0.39, 0.29) is 28.3 Å². The molecule has 5 nitrogen and oxygen atoms in total. The molecule has 0 bridgehead atoms. The fourth-order valence-electron chi connectivity index (χ4n) is 2.61. The third-order valence-corrected chi connectivity index (χ3v) is 6.07. The van der Waals surface area contributed by atoms with Crippen molar-refractivity contribution in [1.29, 1.82) is 0 Å². The summed E-state index contributed by atoms with van der Waals surface area (Å²) in [7, 11) is -3.82. The molecule has 3 N–H and O–H groups in total. The second kappa shape index (κ2) is 6.48. The first-order valence-electron chi connectivity index (χ1n) is 6.75. The molecule has 1 atom stereocenters. The first-order chi connectivity index (χ1) is 9.87. The molecular weight excluding hydrogens is 319 g/mol. The third kappa shape index (κ3) is 3.31. The predicted molar refractivity (Wildman–Crippen MR) is 79.1 cm³/mol. The van der Waals surface area contributed by atoms with Crippen LogP contribution in [0.15, 0.2) is 17.0 Å². The molecule has 2 rings (SSSR count). The van der Waals surface area contributed by atoms with E-state index < -0.39 is 15.8 Å². The molecule has 0 saturated carbocycles. The summed E-state index contributed by atoms with van der Waals surface area (Å²) in [4.78, 5) is -0.168. The molecule has 1 aromatic rings. The van der Waals surface area contributed by atoms with Crippen molar-refractivity contribution < 1.29 is 17.9 Å². The summed E-state index contributed by atoms with van der Waals surface area (Å²) >= 11 is 5.88. The molecule has 1 saturated heterocycles. The number of rotatable bonds is 5. The van der Waals surface area contributed by atoms with Gasteiger partial charge in [-0.25, -0.2) is 12.8 Å². The average molecular weight is 337 g/mol. The normalized spacial score (nSPS) is 20.0. The summed E-state index contributed by atoms with van der Waals surface area (Å²) in [5, 5.41) is 8.72. The van der Waals surface area contributed by atoms with E-state index in [1.165, 1.54) is 4.31 Å². The van der Waals surface area contributed by atoms with Gasteiger partial charge in [0, 0.05) is 19.2 Å². The smallest absolute Gasteiger partial charge is 0.244 e. The fraction of sp³-hybridized carbons (Fsp3) is 0.538. The van der Waals surface area contributed by atoms with Crippen LogP contribution in [0.3, 0.4) is 0 Å². The second-order valence-corrected chi connectivity index (χ2v) is 7.35. The molecule has 8 heteroatoms. The quantitative estimate of drug-likeness (QED) is 0.805. The van der Waals surface area contributed by atoms with Crippen molar-refractivity contribution in [3.8, 4) is 0 Å². The summed E-state index contributed by atoms with van der Waals surface area (Å²) in [5.74, 6) is -0.739. The standard InChI is InChI=1S/C13H18ClFN2O3S/c14-10-7-11(15)12(16)8-13(10)21(19,20)17-5-1-3-9(17)4-2-6-18/h7-9,18H,1-6,16H2. The second-order valence-electron chi connectivity index (χ2n) is 5.08. The Morgan fingerprint density at radius 3 is 2.86 bits per heavy atom. The summed E-state index contributed by atoms with van der Waals surface area (Å²) in [6, 6.07) is 1.82. The van der Waals surface area contributed by atoms with Gasteiger partial charge >= 0.3 is 0 Å². The Kier molecular flexibility index (Phi) is 5.08. The maximum atomic E-state index is 13.3. The number of nitrogens with zero attached hydrogens (tertiary/aromatic N) is 1. The van der Waals surface area contributed by atoms with Gasteiger partial charge in [-0.3, -0.25) is 0 Å². The molecule has 21 heavy (non-hydrogen) atoms. The van der Waals surface area contributed by atoms with Gasteiger partial charge < -0.3 is 10.8 Å². The van der Waals surface area contributed by atoms with Crippen molar-refractivity contribution in [3.05, 3.63) is 23.0 Å². The predicted octanol–water partition coefficient (Wildman–Crippen LogP) is 1.99. The van der Waals surface area contributed by atoms with E-state index in [1.54, 1.807) is 0 Å². The topological polar surface area (TPSA) is 83.6 Å². The zero-order chi connectivity index (χ0) is 15.6. The van der Waals surface area contributed by atoms with Crippen LogP contribution in [-0.2, 0) is 10.0 Å². The van der Waals surface area contributed by atoms with Gasteiger partial charge in [-0.2, -0.15) is 4.31 Å². The Balaban J connectivity index is 2.35. The van der Waals surface area contributed by atoms with Crippen LogP contribution in [-0.4, -0.2) is 37.0 Å². The monoisotopic (exact) mass is 336 g/mol. The number of sulfonamides is 1. The van der Waals surface area contributed by atoms with Gasteiger partial charge in [-0.15, -0.1) is 0 Å². The van der Waals surface area contributed by atoms with E-state index in [0.29, 0.717) is 19.4 Å². The zero-order valence-electron chi connectivity index (χ0n) is 11.4. The largest absolute Gasteiger partial charge is 0.396 e. The number of halogens is 2. The molecule has 1 aliphatic heterocycles. The summed E-state index contributed by atoms with van der Waals surface area (Å²) < 4.78 is 40.1. The molecular formula is C13H18ClFN2O3S. The van der Waals surface area contributed by atoms with Crippen LogP contribution in [0, 0.1) is 5.82 Å². The molecule has 0 amide bonds. The highest BCUT2D eigenvalue weighted by atomic mass is 35.5. The highest BCUT2D eigenvalue weighted by Crippen LogP contribution is 2.33. The fourth-order valence-corrected chi connectivity index (χ4v) is 4.86. The van der Waals surface area contributed by atoms with Crippen LogP contribution in [0.2, 0.25) is 5.02 Å². The van der Waals surface area contributed by atoms with Crippen LogP contribution in [0.25, 0.3) is 0 Å². The van der Waals surface area contributed by atoms with Crippen molar-refractivity contribution in [2.45, 2.75) is 36.6 Å². The Morgan fingerprint density at radius 2 is 2.19 bits per heavy atom. The maximum absolute atomic E-state index is 13.3. The number of anilines is 1. The number of aliphatic hydroxyl groups excluding tert-OH is 1. The highest BCUT2D eigenvalue weighted by Gasteiger charge is 2.36. The molecule has 118 valence electrons. The van der Waals surface area contributed by atoms with Gasteiger partial charge in [-0.05, 0) is 37.8 Å². The molecule has 0 spiro atoms. The maximum Gasteiger partial charge on any atom is 0.244 e. The molecule has 1 unspecified atom stereocenters. The molecule has 1 aromatic carbocycles. The molecule has 0 aromatic heterocycles. The molecule has 1 fully saturated rings. The number of hydrogen-bond acceptors (Lipinski definition) is 4. The van der Waals surface area contributed by atoms with Crippen molar-refractivity contribution >= 4 is 27.3 Å². The van der Waals surface area contributed by atoms with Crippen LogP contribution in [0.4, 0.5) is 10.1 Å². The van der Waals surface area contributed by atoms with E-state index in [0.717, 1.165) is 25.0 Å². The Morgan fingerprint density at radius 1 is 1.48 bits per heavy atom. The lowest BCUT2D eigenvalue weighted by molar-refractivity contribution is 0.264. The van der Waals surface area contributed by atoms with E-state index in [4.69, 9.17) is 22.4 Å². The third-order valence-electron chi connectivity index (χ3n) is 3.66. The van der Waals surface area contributed by atoms with Gasteiger partial charge in [-0.1, -0.05) is 11.6 Å². The van der Waals surface area contributed by atoms with Crippen molar-refractivity contribution in [2.75, 3.05) is 18.9 Å². The SMILES string of the molecule is Nc1cc(S(=O)(=O)N2CCCC2CCCO)c(Cl)cc1F. The minimum atomic E-state index is -3.82. The molecule has 1 aliphatic rings. The number of aliphatic hydroxyl groups is 1. The van der Waals surface area contributed by atoms with Gasteiger partial charge in [0.25, 0.3) is 0 Å². The number of nitrogens with two attached hydrogens (primary N) is 1. The summed E-state index contributed by atoms with van der Waals surface area (Å²) in [6.45, 7) is 0.417. The lowest BCUT2D eigenvalue weighted by Gasteiger charge is -2.24. The van der Waals surface area contributed by atoms with Gasteiger partial charge in [0.15, 0.2) is 0 Å². The van der Waals surface area contributed by atoms with Gasteiger partial charge in [0.1, 0.15) is 10.7 Å². The number of nitrogen functional groups attached to an aromatic ring is 1. The summed E-state index contributed by atoms with van der Waals surface area (Å²) in [6.07, 6.45) is 2.62. The van der Waals surface area contributed by atoms with Crippen molar-refractivity contribution in [2.24, 2.45) is 0 Å². The lowest BCUT2D eigenvalue weighted by Crippen LogP contribution is -2.35.